The quantitative estimate of drug-likeness (QED) is 0.236. The van der Waals surface area contributed by atoms with Crippen LogP contribution in [0.25, 0.3) is 0 Å². The van der Waals surface area contributed by atoms with Gasteiger partial charge in [-0.2, -0.15) is 0 Å². The molecule has 2 rings (SSSR count). The minimum atomic E-state index is 0. The molecule has 0 unspecified atom stereocenters. The Morgan fingerprint density at radius 3 is 2.14 bits per heavy atom. The highest BCUT2D eigenvalue weighted by atomic mass is 127. The van der Waals surface area contributed by atoms with E-state index >= 15 is 0 Å². The van der Waals surface area contributed by atoms with Crippen LogP contribution in [0, 0.1) is 13.8 Å². The summed E-state index contributed by atoms with van der Waals surface area (Å²) in [6, 6.07) is 6.76. The second-order valence-electron chi connectivity index (χ2n) is 7.65. The van der Waals surface area contributed by atoms with Gasteiger partial charge in [0.15, 0.2) is 5.96 Å². The average molecular weight is 502 g/mol. The molecule has 0 aliphatic carbocycles. The SMILES string of the molecule is CCN1CCN(CCCCNC(=NC)NCCc2cc(C)cc(C)c2)CC1.I. The zero-order valence-electron chi connectivity index (χ0n) is 18.3. The molecular weight excluding hydrogens is 461 g/mol. The number of guanidine groups is 1. The summed E-state index contributed by atoms with van der Waals surface area (Å²) in [5.74, 6) is 0.913. The summed E-state index contributed by atoms with van der Waals surface area (Å²) in [5, 5.41) is 6.88. The van der Waals surface area contributed by atoms with E-state index in [9.17, 15) is 0 Å². The monoisotopic (exact) mass is 501 g/mol. The lowest BCUT2D eigenvalue weighted by Gasteiger charge is -2.34. The van der Waals surface area contributed by atoms with Crippen LogP contribution in [-0.4, -0.2) is 75.2 Å². The maximum atomic E-state index is 4.34. The zero-order chi connectivity index (χ0) is 19.5. The van der Waals surface area contributed by atoms with Crippen LogP contribution in [0.2, 0.25) is 0 Å². The number of nitrogens with zero attached hydrogens (tertiary/aromatic N) is 3. The van der Waals surface area contributed by atoms with E-state index in [-0.39, 0.29) is 24.0 Å². The van der Waals surface area contributed by atoms with Crippen LogP contribution in [0.5, 0.6) is 0 Å². The van der Waals surface area contributed by atoms with Crippen LogP contribution in [-0.2, 0) is 6.42 Å². The van der Waals surface area contributed by atoms with Crippen molar-refractivity contribution < 1.29 is 0 Å². The van der Waals surface area contributed by atoms with Gasteiger partial charge in [0.2, 0.25) is 0 Å². The number of rotatable bonds is 9. The first-order valence-electron chi connectivity index (χ1n) is 10.6. The summed E-state index contributed by atoms with van der Waals surface area (Å²) in [6.07, 6.45) is 3.46. The summed E-state index contributed by atoms with van der Waals surface area (Å²) in [6.45, 7) is 15.8. The fourth-order valence-electron chi connectivity index (χ4n) is 3.76. The molecule has 6 heteroatoms. The van der Waals surface area contributed by atoms with Crippen molar-refractivity contribution in [3.63, 3.8) is 0 Å². The molecule has 2 N–H and O–H groups in total. The maximum Gasteiger partial charge on any atom is 0.190 e. The van der Waals surface area contributed by atoms with Gasteiger partial charge in [-0.1, -0.05) is 36.2 Å². The summed E-state index contributed by atoms with van der Waals surface area (Å²) >= 11 is 0. The van der Waals surface area contributed by atoms with E-state index in [1.807, 2.05) is 7.05 Å². The molecule has 1 aromatic carbocycles. The second kappa shape index (κ2) is 14.2. The molecule has 1 saturated heterocycles. The van der Waals surface area contributed by atoms with Crippen molar-refractivity contribution in [3.05, 3.63) is 34.9 Å². The van der Waals surface area contributed by atoms with Gasteiger partial charge < -0.3 is 20.4 Å². The molecule has 0 aromatic heterocycles. The Hall–Kier alpha value is -0.860. The Morgan fingerprint density at radius 2 is 1.54 bits per heavy atom. The number of unbranched alkanes of at least 4 members (excludes halogenated alkanes) is 1. The number of nitrogens with one attached hydrogen (secondary N) is 2. The third-order valence-corrected chi connectivity index (χ3v) is 5.32. The molecule has 5 nitrogen and oxygen atoms in total. The van der Waals surface area contributed by atoms with E-state index in [4.69, 9.17) is 0 Å². The summed E-state index contributed by atoms with van der Waals surface area (Å²) in [5.41, 5.74) is 4.06. The minimum Gasteiger partial charge on any atom is -0.356 e. The van der Waals surface area contributed by atoms with E-state index in [0.717, 1.165) is 25.5 Å². The summed E-state index contributed by atoms with van der Waals surface area (Å²) in [7, 11) is 1.85. The van der Waals surface area contributed by atoms with E-state index in [0.29, 0.717) is 0 Å². The first-order chi connectivity index (χ1) is 13.1. The van der Waals surface area contributed by atoms with Crippen LogP contribution in [0.4, 0.5) is 0 Å². The third kappa shape index (κ3) is 9.56. The molecule has 1 aromatic rings. The first kappa shape index (κ1) is 25.2. The largest absolute Gasteiger partial charge is 0.356 e. The molecule has 1 fully saturated rings. The van der Waals surface area contributed by atoms with E-state index in [2.05, 4.69) is 64.4 Å². The standard InChI is InChI=1S/C22H39N5.HI/c1-5-26-12-14-27(15-13-26)11-7-6-9-24-22(23-4)25-10-8-21-17-19(2)16-20(3)18-21;/h16-18H,5-15H2,1-4H3,(H2,23,24,25);1H. The number of piperazine rings is 1. The number of benzene rings is 1. The fraction of sp³-hybridized carbons (Fsp3) is 0.682. The first-order valence-corrected chi connectivity index (χ1v) is 10.6. The lowest BCUT2D eigenvalue weighted by Crippen LogP contribution is -2.46. The summed E-state index contributed by atoms with van der Waals surface area (Å²) < 4.78 is 0. The van der Waals surface area contributed by atoms with Crippen molar-refractivity contribution in [1.29, 1.82) is 0 Å². The lowest BCUT2D eigenvalue weighted by molar-refractivity contribution is 0.136. The molecule has 28 heavy (non-hydrogen) atoms. The molecule has 0 saturated carbocycles. The molecule has 0 radical (unpaired) electrons. The molecule has 1 aliphatic rings. The van der Waals surface area contributed by atoms with Crippen LogP contribution in [0.1, 0.15) is 36.5 Å². The van der Waals surface area contributed by atoms with Gasteiger partial charge in [-0.05, 0) is 51.8 Å². The van der Waals surface area contributed by atoms with Crippen LogP contribution >= 0.6 is 24.0 Å². The molecule has 0 spiro atoms. The number of aryl methyl sites for hydroxylation is 2. The van der Waals surface area contributed by atoms with Crippen LogP contribution in [0.15, 0.2) is 23.2 Å². The number of halogens is 1. The van der Waals surface area contributed by atoms with Gasteiger partial charge >= 0.3 is 0 Å². The predicted octanol–water partition coefficient (Wildman–Crippen LogP) is 3.05. The van der Waals surface area contributed by atoms with Crippen molar-refractivity contribution in [1.82, 2.24) is 20.4 Å². The van der Waals surface area contributed by atoms with Crippen molar-refractivity contribution in [2.75, 3.05) is 59.4 Å². The Kier molecular flexibility index (Phi) is 12.7. The van der Waals surface area contributed by atoms with E-state index in [1.165, 1.54) is 68.8 Å². The van der Waals surface area contributed by atoms with Gasteiger partial charge in [0, 0.05) is 46.3 Å². The molecule has 1 heterocycles. The van der Waals surface area contributed by atoms with Crippen molar-refractivity contribution >= 4 is 29.9 Å². The topological polar surface area (TPSA) is 42.9 Å². The smallest absolute Gasteiger partial charge is 0.190 e. The highest BCUT2D eigenvalue weighted by molar-refractivity contribution is 14.0. The molecule has 160 valence electrons. The van der Waals surface area contributed by atoms with Gasteiger partial charge in [0.25, 0.3) is 0 Å². The maximum absolute atomic E-state index is 4.34. The van der Waals surface area contributed by atoms with E-state index in [1.54, 1.807) is 0 Å². The minimum absolute atomic E-state index is 0. The summed E-state index contributed by atoms with van der Waals surface area (Å²) in [4.78, 5) is 9.47. The molecule has 0 amide bonds. The third-order valence-electron chi connectivity index (χ3n) is 5.32. The Balaban J connectivity index is 0.00000392. The number of likely N-dealkylation sites (N-methyl/N-ethyl adjacent to an activating group) is 1. The second-order valence-corrected chi connectivity index (χ2v) is 7.65. The molecule has 1 aliphatic heterocycles. The highest BCUT2D eigenvalue weighted by Crippen LogP contribution is 2.09. The number of aliphatic imine (C=N–C) groups is 1. The lowest BCUT2D eigenvalue weighted by atomic mass is 10.1. The molecular formula is C22H40IN5. The van der Waals surface area contributed by atoms with Gasteiger partial charge in [-0.3, -0.25) is 4.99 Å². The molecule has 0 bridgehead atoms. The number of hydrogen-bond acceptors (Lipinski definition) is 3. The van der Waals surface area contributed by atoms with Crippen molar-refractivity contribution in [3.8, 4) is 0 Å². The van der Waals surface area contributed by atoms with Crippen molar-refractivity contribution in [2.45, 2.75) is 40.0 Å². The highest BCUT2D eigenvalue weighted by Gasteiger charge is 2.14. The predicted molar refractivity (Wildman–Crippen MR) is 132 cm³/mol. The van der Waals surface area contributed by atoms with E-state index < -0.39 is 0 Å². The number of hydrogen-bond donors (Lipinski definition) is 2. The Morgan fingerprint density at radius 1 is 0.929 bits per heavy atom. The normalized spacial score (nSPS) is 15.9. The zero-order valence-corrected chi connectivity index (χ0v) is 20.6. The van der Waals surface area contributed by atoms with Gasteiger partial charge in [-0.25, -0.2) is 0 Å². The van der Waals surface area contributed by atoms with Gasteiger partial charge in [-0.15, -0.1) is 24.0 Å². The van der Waals surface area contributed by atoms with Gasteiger partial charge in [0.05, 0.1) is 0 Å². The van der Waals surface area contributed by atoms with Crippen LogP contribution in [0.3, 0.4) is 0 Å². The van der Waals surface area contributed by atoms with Gasteiger partial charge in [0.1, 0.15) is 0 Å². The molecule has 0 atom stereocenters. The average Bonchev–Trinajstić information content (AvgIpc) is 2.66. The van der Waals surface area contributed by atoms with Crippen molar-refractivity contribution in [2.24, 2.45) is 4.99 Å². The Labute approximate surface area is 189 Å². The fourth-order valence-corrected chi connectivity index (χ4v) is 3.76. The van der Waals surface area contributed by atoms with Crippen LogP contribution < -0.4 is 10.6 Å². The Bertz CT molecular complexity index is 562.